The van der Waals surface area contributed by atoms with E-state index in [9.17, 15) is 4.79 Å². The van der Waals surface area contributed by atoms with Gasteiger partial charge in [0.05, 0.1) is 7.11 Å². The average Bonchev–Trinajstić information content (AvgIpc) is 3.19. The Hall–Kier alpha value is -2.80. The van der Waals surface area contributed by atoms with Gasteiger partial charge in [-0.15, -0.1) is 10.2 Å². The molecule has 0 fully saturated rings. The molecule has 2 aromatic carbocycles. The van der Waals surface area contributed by atoms with Crippen molar-refractivity contribution in [1.29, 1.82) is 0 Å². The first-order valence-electron chi connectivity index (χ1n) is 10.7. The fourth-order valence-electron chi connectivity index (χ4n) is 3.12. The highest BCUT2D eigenvalue weighted by Crippen LogP contribution is 2.25. The summed E-state index contributed by atoms with van der Waals surface area (Å²) >= 11 is 1.63. The highest BCUT2D eigenvalue weighted by molar-refractivity contribution is 7.99. The van der Waals surface area contributed by atoms with Crippen LogP contribution in [0.1, 0.15) is 44.5 Å². The molecule has 6 nitrogen and oxygen atoms in total. The number of nitrogens with zero attached hydrogens (tertiary/aromatic N) is 3. The van der Waals surface area contributed by atoms with Crippen LogP contribution in [0.25, 0.3) is 5.69 Å². The lowest BCUT2D eigenvalue weighted by molar-refractivity contribution is -0.121. The van der Waals surface area contributed by atoms with Crippen LogP contribution in [0.5, 0.6) is 5.75 Å². The van der Waals surface area contributed by atoms with Gasteiger partial charge in [-0.1, -0.05) is 49.0 Å². The minimum absolute atomic E-state index is 0.108. The zero-order valence-electron chi connectivity index (χ0n) is 18.4. The summed E-state index contributed by atoms with van der Waals surface area (Å²) in [5.41, 5.74) is 2.18. The molecule has 1 amide bonds. The molecule has 1 aromatic heterocycles. The minimum atomic E-state index is 0.108. The maximum absolute atomic E-state index is 12.0. The van der Waals surface area contributed by atoms with E-state index < -0.39 is 0 Å². The predicted octanol–water partition coefficient (Wildman–Crippen LogP) is 4.65. The monoisotopic (exact) mass is 438 g/mol. The van der Waals surface area contributed by atoms with Gasteiger partial charge in [-0.05, 0) is 49.6 Å². The Morgan fingerprint density at radius 1 is 1.13 bits per heavy atom. The number of methoxy groups -OCH3 is 1. The van der Waals surface area contributed by atoms with Gasteiger partial charge in [0, 0.05) is 30.3 Å². The van der Waals surface area contributed by atoms with Gasteiger partial charge in [-0.2, -0.15) is 0 Å². The van der Waals surface area contributed by atoms with Gasteiger partial charge < -0.3 is 10.1 Å². The molecule has 1 unspecified atom stereocenters. The Labute approximate surface area is 188 Å². The van der Waals surface area contributed by atoms with Gasteiger partial charge in [0.1, 0.15) is 11.6 Å². The fraction of sp³-hybridized carbons (Fsp3) is 0.375. The van der Waals surface area contributed by atoms with Crippen molar-refractivity contribution in [3.63, 3.8) is 0 Å². The lowest BCUT2D eigenvalue weighted by Gasteiger charge is -2.12. The largest absolute Gasteiger partial charge is 0.497 e. The molecule has 0 saturated heterocycles. The van der Waals surface area contributed by atoms with E-state index in [1.807, 2.05) is 49.4 Å². The zero-order valence-corrected chi connectivity index (χ0v) is 19.2. The summed E-state index contributed by atoms with van der Waals surface area (Å²) in [7, 11) is 1.66. The smallest absolute Gasteiger partial charge is 0.220 e. The molecule has 1 N–H and O–H groups in total. The molecular weight excluding hydrogens is 408 g/mol. The molecule has 1 atom stereocenters. The molecule has 0 radical (unpaired) electrons. The van der Waals surface area contributed by atoms with Crippen molar-refractivity contribution in [3.05, 3.63) is 66.0 Å². The van der Waals surface area contributed by atoms with E-state index in [0.717, 1.165) is 41.0 Å². The van der Waals surface area contributed by atoms with Crippen LogP contribution in [0.2, 0.25) is 0 Å². The normalized spacial score (nSPS) is 11.8. The molecule has 0 aliphatic heterocycles. The number of benzene rings is 2. The summed E-state index contributed by atoms with van der Waals surface area (Å²) in [6.07, 6.45) is 2.94. The van der Waals surface area contributed by atoms with Gasteiger partial charge >= 0.3 is 0 Å². The number of thioether (sulfide) groups is 1. The van der Waals surface area contributed by atoms with E-state index in [1.54, 1.807) is 18.9 Å². The molecule has 3 aromatic rings. The molecule has 164 valence electrons. The number of aromatic nitrogens is 3. The molecule has 0 aliphatic carbocycles. The molecular formula is C24H30N4O2S. The first-order chi connectivity index (χ1) is 15.1. The summed E-state index contributed by atoms with van der Waals surface area (Å²) in [4.78, 5) is 12.0. The first kappa shape index (κ1) is 22.9. The quantitative estimate of drug-likeness (QED) is 0.348. The molecule has 0 bridgehead atoms. The summed E-state index contributed by atoms with van der Waals surface area (Å²) in [6, 6.07) is 18.4. The summed E-state index contributed by atoms with van der Waals surface area (Å²) < 4.78 is 7.39. The van der Waals surface area contributed by atoms with Crippen LogP contribution in [-0.2, 0) is 11.2 Å². The summed E-state index contributed by atoms with van der Waals surface area (Å²) in [5.74, 6) is 2.60. The summed E-state index contributed by atoms with van der Waals surface area (Å²) in [6.45, 7) is 4.10. The second kappa shape index (κ2) is 11.6. The number of carbonyl (C=O) groups is 1. The van der Waals surface area contributed by atoms with Crippen LogP contribution >= 0.6 is 11.8 Å². The fourth-order valence-corrected chi connectivity index (χ4v) is 4.03. The SMILES string of the molecule is CCC(C)NC(=O)CCCSc1nnc(Cc2ccccc2)n1-c1ccc(OC)cc1. The van der Waals surface area contributed by atoms with Crippen LogP contribution in [0.3, 0.4) is 0 Å². The molecule has 1 heterocycles. The van der Waals surface area contributed by atoms with Crippen LogP contribution in [0, 0.1) is 0 Å². The number of amides is 1. The number of rotatable bonds is 11. The van der Waals surface area contributed by atoms with E-state index in [0.29, 0.717) is 12.8 Å². The lowest BCUT2D eigenvalue weighted by atomic mass is 10.1. The Morgan fingerprint density at radius 2 is 1.87 bits per heavy atom. The maximum atomic E-state index is 12.0. The standard InChI is InChI=1S/C24H30N4O2S/c1-4-18(2)25-23(29)11-8-16-31-24-27-26-22(17-19-9-6-5-7-10-19)28(24)20-12-14-21(30-3)15-13-20/h5-7,9-10,12-15,18H,4,8,11,16-17H2,1-3H3,(H,25,29). The Bertz CT molecular complexity index is 957. The number of carbonyl (C=O) groups excluding carboxylic acids is 1. The maximum Gasteiger partial charge on any atom is 0.220 e. The van der Waals surface area contributed by atoms with Crippen LogP contribution in [0.4, 0.5) is 0 Å². The van der Waals surface area contributed by atoms with E-state index in [4.69, 9.17) is 4.74 Å². The average molecular weight is 439 g/mol. The highest BCUT2D eigenvalue weighted by Gasteiger charge is 2.15. The van der Waals surface area contributed by atoms with Crippen molar-refractivity contribution < 1.29 is 9.53 Å². The van der Waals surface area contributed by atoms with Gasteiger partial charge in [0.25, 0.3) is 0 Å². The lowest BCUT2D eigenvalue weighted by Crippen LogP contribution is -2.31. The number of nitrogens with one attached hydrogen (secondary N) is 1. The predicted molar refractivity (Wildman–Crippen MR) is 125 cm³/mol. The van der Waals surface area contributed by atoms with Crippen LogP contribution in [0.15, 0.2) is 59.8 Å². The van der Waals surface area contributed by atoms with Crippen molar-refractivity contribution in [3.8, 4) is 11.4 Å². The minimum Gasteiger partial charge on any atom is -0.497 e. The second-order valence-corrected chi connectivity index (χ2v) is 8.49. The van der Waals surface area contributed by atoms with E-state index in [1.165, 1.54) is 5.56 Å². The topological polar surface area (TPSA) is 69.0 Å². The van der Waals surface area contributed by atoms with Crippen molar-refractivity contribution in [2.24, 2.45) is 0 Å². The molecule has 31 heavy (non-hydrogen) atoms. The number of hydrogen-bond acceptors (Lipinski definition) is 5. The van der Waals surface area contributed by atoms with Crippen LogP contribution < -0.4 is 10.1 Å². The van der Waals surface area contributed by atoms with Crippen molar-refractivity contribution in [2.45, 2.75) is 50.7 Å². The second-order valence-electron chi connectivity index (χ2n) is 7.42. The van der Waals surface area contributed by atoms with E-state index in [2.05, 4.69) is 39.1 Å². The zero-order chi connectivity index (χ0) is 22.1. The van der Waals surface area contributed by atoms with Crippen molar-refractivity contribution in [1.82, 2.24) is 20.1 Å². The van der Waals surface area contributed by atoms with Crippen LogP contribution in [-0.4, -0.2) is 39.6 Å². The first-order valence-corrected chi connectivity index (χ1v) is 11.6. The van der Waals surface area contributed by atoms with Crippen molar-refractivity contribution >= 4 is 17.7 Å². The Morgan fingerprint density at radius 3 is 2.55 bits per heavy atom. The Kier molecular flexibility index (Phi) is 8.53. The van der Waals surface area contributed by atoms with E-state index >= 15 is 0 Å². The van der Waals surface area contributed by atoms with Gasteiger partial charge in [-0.25, -0.2) is 0 Å². The third kappa shape index (κ3) is 6.59. The van der Waals surface area contributed by atoms with Gasteiger partial charge in [-0.3, -0.25) is 9.36 Å². The number of hydrogen-bond donors (Lipinski definition) is 1. The van der Waals surface area contributed by atoms with Gasteiger partial charge in [0.15, 0.2) is 5.16 Å². The summed E-state index contributed by atoms with van der Waals surface area (Å²) in [5, 5.41) is 12.8. The highest BCUT2D eigenvalue weighted by atomic mass is 32.2. The molecule has 0 aliphatic rings. The van der Waals surface area contributed by atoms with Crippen molar-refractivity contribution in [2.75, 3.05) is 12.9 Å². The van der Waals surface area contributed by atoms with E-state index in [-0.39, 0.29) is 11.9 Å². The molecule has 0 saturated carbocycles. The molecule has 3 rings (SSSR count). The molecule has 7 heteroatoms. The number of ether oxygens (including phenoxy) is 1. The third-order valence-electron chi connectivity index (χ3n) is 5.04. The van der Waals surface area contributed by atoms with Gasteiger partial charge in [0.2, 0.25) is 5.91 Å². The molecule has 0 spiro atoms. The third-order valence-corrected chi connectivity index (χ3v) is 6.05. The Balaban J connectivity index is 1.72.